The van der Waals surface area contributed by atoms with Crippen molar-refractivity contribution in [1.29, 1.82) is 0 Å². The number of aromatic nitrogens is 3. The molecule has 0 unspecified atom stereocenters. The Bertz CT molecular complexity index is 1040. The van der Waals surface area contributed by atoms with Gasteiger partial charge in [0.15, 0.2) is 0 Å². The molecule has 0 saturated carbocycles. The molecule has 0 atom stereocenters. The van der Waals surface area contributed by atoms with Crippen molar-refractivity contribution < 1.29 is 4.79 Å². The van der Waals surface area contributed by atoms with Crippen LogP contribution in [0, 0.1) is 6.92 Å². The van der Waals surface area contributed by atoms with Gasteiger partial charge < -0.3 is 5.32 Å². The quantitative estimate of drug-likeness (QED) is 0.529. The van der Waals surface area contributed by atoms with Crippen LogP contribution in [0.1, 0.15) is 26.5 Å². The number of thiazole rings is 1. The minimum atomic E-state index is -0.0830. The molecule has 3 aromatic heterocycles. The first-order chi connectivity index (χ1) is 13.2. The van der Waals surface area contributed by atoms with Gasteiger partial charge in [-0.25, -0.2) is 4.98 Å². The lowest BCUT2D eigenvalue weighted by Crippen LogP contribution is -2.23. The number of rotatable bonds is 6. The Kier molecular flexibility index (Phi) is 5.13. The zero-order valence-electron chi connectivity index (χ0n) is 14.8. The van der Waals surface area contributed by atoms with Gasteiger partial charge in [0.1, 0.15) is 9.88 Å². The summed E-state index contributed by atoms with van der Waals surface area (Å²) in [6.07, 6.45) is 3.70. The minimum absolute atomic E-state index is 0.0830. The Morgan fingerprint density at radius 1 is 1.19 bits per heavy atom. The second-order valence-corrected chi connectivity index (χ2v) is 7.88. The molecular weight excluding hydrogens is 376 g/mol. The molecule has 0 aliphatic rings. The predicted molar refractivity (Wildman–Crippen MR) is 109 cm³/mol. The first kappa shape index (κ1) is 17.6. The zero-order valence-corrected chi connectivity index (χ0v) is 16.4. The highest BCUT2D eigenvalue weighted by atomic mass is 32.1. The van der Waals surface area contributed by atoms with Crippen molar-refractivity contribution in [3.8, 4) is 10.6 Å². The van der Waals surface area contributed by atoms with E-state index in [1.807, 2.05) is 58.9 Å². The van der Waals surface area contributed by atoms with E-state index in [0.29, 0.717) is 18.0 Å². The summed E-state index contributed by atoms with van der Waals surface area (Å²) in [5.41, 5.74) is 4.06. The van der Waals surface area contributed by atoms with E-state index in [4.69, 9.17) is 0 Å². The van der Waals surface area contributed by atoms with Crippen molar-refractivity contribution in [3.63, 3.8) is 0 Å². The van der Waals surface area contributed by atoms with E-state index < -0.39 is 0 Å². The van der Waals surface area contributed by atoms with Crippen molar-refractivity contribution in [1.82, 2.24) is 20.1 Å². The Morgan fingerprint density at radius 2 is 2.04 bits per heavy atom. The normalized spacial score (nSPS) is 10.9. The van der Waals surface area contributed by atoms with E-state index in [9.17, 15) is 4.79 Å². The Balaban J connectivity index is 1.47. The van der Waals surface area contributed by atoms with Gasteiger partial charge in [-0.3, -0.25) is 9.48 Å². The first-order valence-electron chi connectivity index (χ1n) is 8.53. The maximum atomic E-state index is 12.7. The standard InChI is InChI=1S/C20H18N4OS2/c1-14-18(27-20(23-14)17-7-10-26-13-17)19(25)21-11-15-5-2-3-6-16(15)12-24-9-4-8-22-24/h2-10,13H,11-12H2,1H3,(H,21,25). The molecule has 1 aromatic carbocycles. The third kappa shape index (κ3) is 3.99. The maximum absolute atomic E-state index is 12.7. The van der Waals surface area contributed by atoms with Gasteiger partial charge in [0.05, 0.1) is 12.2 Å². The van der Waals surface area contributed by atoms with Gasteiger partial charge in [0.2, 0.25) is 0 Å². The number of thiophene rings is 1. The number of nitrogens with one attached hydrogen (secondary N) is 1. The summed E-state index contributed by atoms with van der Waals surface area (Å²) in [5, 5.41) is 12.2. The Labute approximate surface area is 165 Å². The smallest absolute Gasteiger partial charge is 0.263 e. The van der Waals surface area contributed by atoms with E-state index in [1.54, 1.807) is 17.5 Å². The molecule has 0 aliphatic heterocycles. The average Bonchev–Trinajstić information content (AvgIpc) is 3.42. The lowest BCUT2D eigenvalue weighted by molar-refractivity contribution is 0.0954. The molecule has 27 heavy (non-hydrogen) atoms. The van der Waals surface area contributed by atoms with Gasteiger partial charge in [-0.2, -0.15) is 16.4 Å². The molecule has 0 radical (unpaired) electrons. The first-order valence-corrected chi connectivity index (χ1v) is 10.3. The van der Waals surface area contributed by atoms with Crippen LogP contribution in [-0.4, -0.2) is 20.7 Å². The molecule has 3 heterocycles. The van der Waals surface area contributed by atoms with Gasteiger partial charge >= 0.3 is 0 Å². The second-order valence-electron chi connectivity index (χ2n) is 6.10. The number of benzene rings is 1. The van der Waals surface area contributed by atoms with Crippen molar-refractivity contribution in [2.24, 2.45) is 0 Å². The number of amides is 1. The van der Waals surface area contributed by atoms with Crippen LogP contribution in [-0.2, 0) is 13.1 Å². The van der Waals surface area contributed by atoms with E-state index in [2.05, 4.69) is 21.5 Å². The van der Waals surface area contributed by atoms with Gasteiger partial charge in [0, 0.05) is 29.9 Å². The molecule has 0 fully saturated rings. The molecule has 1 N–H and O–H groups in total. The number of carbonyl (C=O) groups excluding carboxylic acids is 1. The van der Waals surface area contributed by atoms with Gasteiger partial charge in [-0.1, -0.05) is 24.3 Å². The van der Waals surface area contributed by atoms with E-state index in [1.165, 1.54) is 11.3 Å². The molecule has 0 saturated heterocycles. The zero-order chi connectivity index (χ0) is 18.6. The second kappa shape index (κ2) is 7.85. The highest BCUT2D eigenvalue weighted by Crippen LogP contribution is 2.29. The fraction of sp³-hybridized carbons (Fsp3) is 0.150. The highest BCUT2D eigenvalue weighted by Gasteiger charge is 2.16. The lowest BCUT2D eigenvalue weighted by Gasteiger charge is -2.10. The molecular formula is C20H18N4OS2. The molecule has 5 nitrogen and oxygen atoms in total. The lowest BCUT2D eigenvalue weighted by atomic mass is 10.1. The maximum Gasteiger partial charge on any atom is 0.263 e. The average molecular weight is 395 g/mol. The summed E-state index contributed by atoms with van der Waals surface area (Å²) in [6.45, 7) is 3.04. The van der Waals surface area contributed by atoms with E-state index >= 15 is 0 Å². The molecule has 1 amide bonds. The molecule has 0 aliphatic carbocycles. The van der Waals surface area contributed by atoms with Crippen LogP contribution in [0.5, 0.6) is 0 Å². The van der Waals surface area contributed by atoms with Crippen molar-refractivity contribution in [2.75, 3.05) is 0 Å². The minimum Gasteiger partial charge on any atom is -0.347 e. The third-order valence-electron chi connectivity index (χ3n) is 4.22. The number of nitrogens with zero attached hydrogens (tertiary/aromatic N) is 3. The van der Waals surface area contributed by atoms with Crippen LogP contribution in [0.4, 0.5) is 0 Å². The fourth-order valence-corrected chi connectivity index (χ4v) is 4.52. The van der Waals surface area contributed by atoms with Gasteiger partial charge in [-0.15, -0.1) is 11.3 Å². The summed E-state index contributed by atoms with van der Waals surface area (Å²) in [7, 11) is 0. The summed E-state index contributed by atoms with van der Waals surface area (Å²) >= 11 is 3.07. The summed E-state index contributed by atoms with van der Waals surface area (Å²) < 4.78 is 1.88. The Hall–Kier alpha value is -2.77. The van der Waals surface area contributed by atoms with Crippen LogP contribution >= 0.6 is 22.7 Å². The van der Waals surface area contributed by atoms with Crippen molar-refractivity contribution in [3.05, 3.63) is 81.2 Å². The largest absolute Gasteiger partial charge is 0.347 e. The molecule has 136 valence electrons. The van der Waals surface area contributed by atoms with Gasteiger partial charge in [0.25, 0.3) is 5.91 Å². The SMILES string of the molecule is Cc1nc(-c2ccsc2)sc1C(=O)NCc1ccccc1Cn1cccn1. The van der Waals surface area contributed by atoms with Crippen LogP contribution in [0.3, 0.4) is 0 Å². The molecule has 0 spiro atoms. The van der Waals surface area contributed by atoms with Crippen molar-refractivity contribution in [2.45, 2.75) is 20.0 Å². The molecule has 7 heteroatoms. The van der Waals surface area contributed by atoms with Crippen LogP contribution < -0.4 is 5.32 Å². The summed E-state index contributed by atoms with van der Waals surface area (Å²) in [4.78, 5) is 17.9. The number of aryl methyl sites for hydroxylation is 1. The number of carbonyl (C=O) groups is 1. The van der Waals surface area contributed by atoms with Crippen LogP contribution in [0.25, 0.3) is 10.6 Å². The monoisotopic (exact) mass is 394 g/mol. The van der Waals surface area contributed by atoms with E-state index in [0.717, 1.165) is 27.4 Å². The van der Waals surface area contributed by atoms with Crippen LogP contribution in [0.2, 0.25) is 0 Å². The molecule has 4 rings (SSSR count). The summed E-state index contributed by atoms with van der Waals surface area (Å²) in [5.74, 6) is -0.0830. The fourth-order valence-electron chi connectivity index (χ4n) is 2.83. The summed E-state index contributed by atoms with van der Waals surface area (Å²) in [6, 6.07) is 12.0. The third-order valence-corrected chi connectivity index (χ3v) is 6.11. The van der Waals surface area contributed by atoms with Gasteiger partial charge in [-0.05, 0) is 35.6 Å². The molecule has 4 aromatic rings. The topological polar surface area (TPSA) is 59.8 Å². The van der Waals surface area contributed by atoms with Crippen LogP contribution in [0.15, 0.2) is 59.6 Å². The Morgan fingerprint density at radius 3 is 2.78 bits per heavy atom. The van der Waals surface area contributed by atoms with E-state index in [-0.39, 0.29) is 5.91 Å². The molecule has 0 bridgehead atoms. The predicted octanol–water partition coefficient (Wildman–Crippen LogP) is 4.35. The highest BCUT2D eigenvalue weighted by molar-refractivity contribution is 7.17. The van der Waals surface area contributed by atoms with Crippen molar-refractivity contribution >= 4 is 28.6 Å². The number of hydrogen-bond donors (Lipinski definition) is 1. The number of hydrogen-bond acceptors (Lipinski definition) is 5.